The third-order valence-electron chi connectivity index (χ3n) is 2.33. The Balaban J connectivity index is 2.77. The Morgan fingerprint density at radius 1 is 1.29 bits per heavy atom. The number of nitrogens with one attached hydrogen (secondary N) is 1. The van der Waals surface area contributed by atoms with Crippen LogP contribution in [0.15, 0.2) is 30.3 Å². The van der Waals surface area contributed by atoms with Crippen molar-refractivity contribution in [2.75, 3.05) is 0 Å². The summed E-state index contributed by atoms with van der Waals surface area (Å²) in [7, 11) is 0. The van der Waals surface area contributed by atoms with Gasteiger partial charge in [-0.15, -0.1) is 0 Å². The molecule has 0 heterocycles. The molecule has 0 aromatic heterocycles. The SMILES string of the molecule is CC#CC(=O)NC(CC)C(=O)c1ccccc1. The lowest BCUT2D eigenvalue weighted by Crippen LogP contribution is -2.39. The van der Waals surface area contributed by atoms with E-state index in [2.05, 4.69) is 17.2 Å². The average molecular weight is 229 g/mol. The van der Waals surface area contributed by atoms with Crippen molar-refractivity contribution in [1.82, 2.24) is 5.32 Å². The molecule has 1 amide bonds. The van der Waals surface area contributed by atoms with Crippen LogP contribution in [0.3, 0.4) is 0 Å². The summed E-state index contributed by atoms with van der Waals surface area (Å²) in [6, 6.07) is 8.41. The van der Waals surface area contributed by atoms with Crippen LogP contribution < -0.4 is 5.32 Å². The monoisotopic (exact) mass is 229 g/mol. The van der Waals surface area contributed by atoms with Crippen LogP contribution in [0, 0.1) is 11.8 Å². The van der Waals surface area contributed by atoms with E-state index < -0.39 is 11.9 Å². The number of rotatable bonds is 4. The molecule has 0 saturated heterocycles. The van der Waals surface area contributed by atoms with Crippen molar-refractivity contribution < 1.29 is 9.59 Å². The van der Waals surface area contributed by atoms with Crippen molar-refractivity contribution >= 4 is 11.7 Å². The van der Waals surface area contributed by atoms with Crippen LogP contribution in [0.1, 0.15) is 30.6 Å². The molecule has 1 atom stereocenters. The molecule has 3 heteroatoms. The van der Waals surface area contributed by atoms with Gasteiger partial charge in [-0.1, -0.05) is 43.2 Å². The van der Waals surface area contributed by atoms with Gasteiger partial charge in [0.05, 0.1) is 6.04 Å². The number of ketones is 1. The Morgan fingerprint density at radius 2 is 1.94 bits per heavy atom. The topological polar surface area (TPSA) is 46.2 Å². The van der Waals surface area contributed by atoms with Crippen molar-refractivity contribution in [3.63, 3.8) is 0 Å². The Bertz CT molecular complexity index is 454. The molecule has 1 N–H and O–H groups in total. The summed E-state index contributed by atoms with van der Waals surface area (Å²) >= 11 is 0. The number of carbonyl (C=O) groups is 2. The van der Waals surface area contributed by atoms with Crippen LogP contribution in [0.2, 0.25) is 0 Å². The highest BCUT2D eigenvalue weighted by molar-refractivity contribution is 6.04. The second-order valence-corrected chi connectivity index (χ2v) is 3.54. The van der Waals surface area contributed by atoms with Crippen molar-refractivity contribution in [2.45, 2.75) is 26.3 Å². The van der Waals surface area contributed by atoms with Crippen molar-refractivity contribution in [1.29, 1.82) is 0 Å². The van der Waals surface area contributed by atoms with Crippen LogP contribution in [0.25, 0.3) is 0 Å². The molecule has 3 nitrogen and oxygen atoms in total. The molecule has 0 aliphatic heterocycles. The van der Waals surface area contributed by atoms with Crippen LogP contribution in [0.4, 0.5) is 0 Å². The van der Waals surface area contributed by atoms with Gasteiger partial charge in [0, 0.05) is 5.56 Å². The lowest BCUT2D eigenvalue weighted by molar-refractivity contribution is -0.116. The highest BCUT2D eigenvalue weighted by atomic mass is 16.2. The van der Waals surface area contributed by atoms with E-state index in [1.807, 2.05) is 13.0 Å². The maximum absolute atomic E-state index is 12.1. The number of amides is 1. The maximum atomic E-state index is 12.1. The summed E-state index contributed by atoms with van der Waals surface area (Å²) in [6.45, 7) is 3.44. The molecular weight excluding hydrogens is 214 g/mol. The molecule has 0 aliphatic rings. The largest absolute Gasteiger partial charge is 0.335 e. The second kappa shape index (κ2) is 6.49. The summed E-state index contributed by atoms with van der Waals surface area (Å²) in [4.78, 5) is 23.4. The molecule has 88 valence electrons. The van der Waals surface area contributed by atoms with E-state index in [4.69, 9.17) is 0 Å². The molecule has 0 fully saturated rings. The normalized spacial score (nSPS) is 10.9. The molecular formula is C14H15NO2. The lowest BCUT2D eigenvalue weighted by atomic mass is 10.0. The van der Waals surface area contributed by atoms with Gasteiger partial charge in [0.25, 0.3) is 5.91 Å². The Kier molecular flexibility index (Phi) is 4.96. The van der Waals surface area contributed by atoms with Crippen molar-refractivity contribution in [2.24, 2.45) is 0 Å². The van der Waals surface area contributed by atoms with E-state index in [9.17, 15) is 9.59 Å². The van der Waals surface area contributed by atoms with Crippen molar-refractivity contribution in [3.05, 3.63) is 35.9 Å². The Labute approximate surface area is 101 Å². The minimum Gasteiger partial charge on any atom is -0.335 e. The van der Waals surface area contributed by atoms with Gasteiger partial charge in [0.1, 0.15) is 0 Å². The fourth-order valence-electron chi connectivity index (χ4n) is 1.46. The first kappa shape index (κ1) is 13.0. The van der Waals surface area contributed by atoms with Gasteiger partial charge in [0.15, 0.2) is 5.78 Å². The third-order valence-corrected chi connectivity index (χ3v) is 2.33. The Hall–Kier alpha value is -2.08. The van der Waals surface area contributed by atoms with Crippen LogP contribution in [-0.4, -0.2) is 17.7 Å². The van der Waals surface area contributed by atoms with Crippen LogP contribution >= 0.6 is 0 Å². The van der Waals surface area contributed by atoms with E-state index >= 15 is 0 Å². The smallest absolute Gasteiger partial charge is 0.296 e. The first-order chi connectivity index (χ1) is 8.19. The molecule has 0 spiro atoms. The predicted molar refractivity (Wildman–Crippen MR) is 66.4 cm³/mol. The zero-order chi connectivity index (χ0) is 12.7. The fraction of sp³-hybridized carbons (Fsp3) is 0.286. The van der Waals surface area contributed by atoms with Crippen LogP contribution in [0.5, 0.6) is 0 Å². The molecule has 1 aromatic carbocycles. The lowest BCUT2D eigenvalue weighted by Gasteiger charge is -2.13. The van der Waals surface area contributed by atoms with Gasteiger partial charge in [-0.2, -0.15) is 0 Å². The van der Waals surface area contributed by atoms with Gasteiger partial charge < -0.3 is 5.32 Å². The third kappa shape index (κ3) is 3.76. The molecule has 17 heavy (non-hydrogen) atoms. The summed E-state index contributed by atoms with van der Waals surface area (Å²) in [6.07, 6.45) is 0.546. The number of carbonyl (C=O) groups excluding carboxylic acids is 2. The highest BCUT2D eigenvalue weighted by Crippen LogP contribution is 2.05. The van der Waals surface area contributed by atoms with Crippen molar-refractivity contribution in [3.8, 4) is 11.8 Å². The predicted octanol–water partition coefficient (Wildman–Crippen LogP) is 1.79. The number of hydrogen-bond acceptors (Lipinski definition) is 2. The van der Waals surface area contributed by atoms with E-state index in [1.165, 1.54) is 0 Å². The maximum Gasteiger partial charge on any atom is 0.296 e. The zero-order valence-electron chi connectivity index (χ0n) is 9.99. The molecule has 0 bridgehead atoms. The summed E-state index contributed by atoms with van der Waals surface area (Å²) in [5.74, 6) is 4.37. The summed E-state index contributed by atoms with van der Waals surface area (Å²) < 4.78 is 0. The fourth-order valence-corrected chi connectivity index (χ4v) is 1.46. The molecule has 0 saturated carbocycles. The average Bonchev–Trinajstić information content (AvgIpc) is 2.36. The van der Waals surface area contributed by atoms with E-state index in [-0.39, 0.29) is 5.78 Å². The van der Waals surface area contributed by atoms with Gasteiger partial charge in [0.2, 0.25) is 0 Å². The van der Waals surface area contributed by atoms with E-state index in [0.717, 1.165) is 0 Å². The first-order valence-electron chi connectivity index (χ1n) is 5.51. The first-order valence-corrected chi connectivity index (χ1v) is 5.51. The molecule has 1 rings (SSSR count). The zero-order valence-corrected chi connectivity index (χ0v) is 9.99. The Morgan fingerprint density at radius 3 is 2.47 bits per heavy atom. The molecule has 1 unspecified atom stereocenters. The van der Waals surface area contributed by atoms with Gasteiger partial charge in [-0.3, -0.25) is 9.59 Å². The number of hydrogen-bond donors (Lipinski definition) is 1. The van der Waals surface area contributed by atoms with Gasteiger partial charge in [-0.05, 0) is 19.3 Å². The van der Waals surface area contributed by atoms with Gasteiger partial charge in [-0.25, -0.2) is 0 Å². The van der Waals surface area contributed by atoms with E-state index in [1.54, 1.807) is 31.2 Å². The molecule has 0 radical (unpaired) electrons. The second-order valence-electron chi connectivity index (χ2n) is 3.54. The number of Topliss-reactive ketones (excluding diaryl/α,β-unsaturated/α-hetero) is 1. The molecule has 1 aromatic rings. The van der Waals surface area contributed by atoms with E-state index in [0.29, 0.717) is 12.0 Å². The minimum absolute atomic E-state index is 0.0839. The quantitative estimate of drug-likeness (QED) is 0.632. The number of benzene rings is 1. The van der Waals surface area contributed by atoms with Crippen LogP contribution in [-0.2, 0) is 4.79 Å². The van der Waals surface area contributed by atoms with Gasteiger partial charge >= 0.3 is 0 Å². The summed E-state index contributed by atoms with van der Waals surface area (Å²) in [5.41, 5.74) is 0.601. The summed E-state index contributed by atoms with van der Waals surface area (Å²) in [5, 5.41) is 2.60. The standard InChI is InChI=1S/C14H15NO2/c1-3-8-13(16)15-12(4-2)14(17)11-9-6-5-7-10-11/h5-7,9-10,12H,4H2,1-2H3,(H,15,16). The molecule has 0 aliphatic carbocycles. The highest BCUT2D eigenvalue weighted by Gasteiger charge is 2.19. The minimum atomic E-state index is -0.509.